The summed E-state index contributed by atoms with van der Waals surface area (Å²) in [6.45, 7) is 7.00. The standard InChI is InChI=1S/C18H24N4O/c1-12(11-23)19-17-9-18(21-14(3)20-17)22-10-16-7-5-4-6-15(16)8-13(22)2/h4-7,9,12-13,23H,8,10-11H2,1-3H3,(H,19,20,21)/t12-,13+/m1/s1. The third kappa shape index (κ3) is 3.45. The molecule has 0 fully saturated rings. The maximum atomic E-state index is 9.22. The van der Waals surface area contributed by atoms with Crippen molar-refractivity contribution in [2.24, 2.45) is 0 Å². The average molecular weight is 312 g/mol. The van der Waals surface area contributed by atoms with Gasteiger partial charge in [0.25, 0.3) is 0 Å². The Labute approximate surface area is 137 Å². The van der Waals surface area contributed by atoms with Gasteiger partial charge in [0.1, 0.15) is 17.5 Å². The first-order valence-electron chi connectivity index (χ1n) is 8.13. The molecule has 23 heavy (non-hydrogen) atoms. The lowest BCUT2D eigenvalue weighted by molar-refractivity contribution is 0.281. The lowest BCUT2D eigenvalue weighted by Crippen LogP contribution is -2.39. The molecule has 0 bridgehead atoms. The Bertz CT molecular complexity index is 688. The number of hydrogen-bond donors (Lipinski definition) is 2. The molecule has 0 unspecified atom stereocenters. The van der Waals surface area contributed by atoms with Gasteiger partial charge in [0.2, 0.25) is 0 Å². The lowest BCUT2D eigenvalue weighted by atomic mass is 9.95. The summed E-state index contributed by atoms with van der Waals surface area (Å²) in [5.41, 5.74) is 2.79. The smallest absolute Gasteiger partial charge is 0.134 e. The number of rotatable bonds is 4. The first kappa shape index (κ1) is 15.7. The second kappa shape index (κ2) is 6.54. The number of fused-ring (bicyclic) bond motifs is 1. The number of benzene rings is 1. The van der Waals surface area contributed by atoms with E-state index in [0.717, 1.165) is 30.4 Å². The zero-order valence-corrected chi connectivity index (χ0v) is 14.0. The Morgan fingerprint density at radius 1 is 1.30 bits per heavy atom. The van der Waals surface area contributed by atoms with E-state index in [1.165, 1.54) is 11.1 Å². The normalized spacial score (nSPS) is 18.4. The van der Waals surface area contributed by atoms with Crippen molar-refractivity contribution in [3.8, 4) is 0 Å². The van der Waals surface area contributed by atoms with Gasteiger partial charge >= 0.3 is 0 Å². The SMILES string of the molecule is Cc1nc(N[C@H](C)CO)cc(N2Cc3ccccc3C[C@@H]2C)n1. The second-order valence-electron chi connectivity index (χ2n) is 6.34. The number of hydrogen-bond acceptors (Lipinski definition) is 5. The molecule has 0 amide bonds. The molecule has 0 radical (unpaired) electrons. The zero-order valence-electron chi connectivity index (χ0n) is 14.0. The van der Waals surface area contributed by atoms with Crippen LogP contribution in [-0.4, -0.2) is 33.8 Å². The van der Waals surface area contributed by atoms with Crippen LogP contribution in [-0.2, 0) is 13.0 Å². The maximum Gasteiger partial charge on any atom is 0.134 e. The number of aliphatic hydroxyl groups is 1. The van der Waals surface area contributed by atoms with E-state index in [4.69, 9.17) is 0 Å². The highest BCUT2D eigenvalue weighted by Gasteiger charge is 2.24. The van der Waals surface area contributed by atoms with Gasteiger partial charge in [0.15, 0.2) is 0 Å². The molecule has 2 aromatic rings. The Kier molecular flexibility index (Phi) is 4.48. The number of aromatic nitrogens is 2. The van der Waals surface area contributed by atoms with E-state index in [0.29, 0.717) is 6.04 Å². The molecule has 0 aliphatic carbocycles. The van der Waals surface area contributed by atoms with Gasteiger partial charge in [0, 0.05) is 24.7 Å². The Morgan fingerprint density at radius 3 is 2.78 bits per heavy atom. The molecule has 2 atom stereocenters. The molecule has 5 nitrogen and oxygen atoms in total. The van der Waals surface area contributed by atoms with Crippen molar-refractivity contribution >= 4 is 11.6 Å². The van der Waals surface area contributed by atoms with Crippen LogP contribution in [0.4, 0.5) is 11.6 Å². The predicted molar refractivity (Wildman–Crippen MR) is 92.7 cm³/mol. The number of anilines is 2. The van der Waals surface area contributed by atoms with Gasteiger partial charge in [-0.1, -0.05) is 24.3 Å². The largest absolute Gasteiger partial charge is 0.394 e. The van der Waals surface area contributed by atoms with Crippen molar-refractivity contribution in [1.29, 1.82) is 0 Å². The molecule has 2 N–H and O–H groups in total. The zero-order chi connectivity index (χ0) is 16.4. The summed E-state index contributed by atoms with van der Waals surface area (Å²) in [6.07, 6.45) is 1.02. The van der Waals surface area contributed by atoms with E-state index in [1.807, 2.05) is 19.9 Å². The molecular weight excluding hydrogens is 288 g/mol. The first-order valence-corrected chi connectivity index (χ1v) is 8.13. The minimum absolute atomic E-state index is 0.0309. The monoisotopic (exact) mass is 312 g/mol. The fourth-order valence-electron chi connectivity index (χ4n) is 3.06. The molecule has 1 aliphatic rings. The highest BCUT2D eigenvalue weighted by molar-refractivity contribution is 5.52. The topological polar surface area (TPSA) is 61.3 Å². The summed E-state index contributed by atoms with van der Waals surface area (Å²) in [5.74, 6) is 2.44. The van der Waals surface area contributed by atoms with Crippen LogP contribution in [0.15, 0.2) is 30.3 Å². The summed E-state index contributed by atoms with van der Waals surface area (Å²) in [4.78, 5) is 11.4. The number of nitrogens with one attached hydrogen (secondary N) is 1. The van der Waals surface area contributed by atoms with E-state index in [-0.39, 0.29) is 12.6 Å². The fraction of sp³-hybridized carbons (Fsp3) is 0.444. The Balaban J connectivity index is 1.89. The third-order valence-electron chi connectivity index (χ3n) is 4.29. The first-order chi connectivity index (χ1) is 11.1. The van der Waals surface area contributed by atoms with Gasteiger partial charge < -0.3 is 15.3 Å². The van der Waals surface area contributed by atoms with Gasteiger partial charge in [0.05, 0.1) is 6.61 Å². The molecule has 0 spiro atoms. The molecule has 1 aliphatic heterocycles. The van der Waals surface area contributed by atoms with Crippen molar-refractivity contribution in [3.05, 3.63) is 47.3 Å². The van der Waals surface area contributed by atoms with Crippen LogP contribution < -0.4 is 10.2 Å². The van der Waals surface area contributed by atoms with E-state index in [9.17, 15) is 5.11 Å². The number of aryl methyl sites for hydroxylation is 1. The van der Waals surface area contributed by atoms with Gasteiger partial charge in [-0.15, -0.1) is 0 Å². The third-order valence-corrected chi connectivity index (χ3v) is 4.29. The van der Waals surface area contributed by atoms with Crippen LogP contribution in [0.5, 0.6) is 0 Å². The van der Waals surface area contributed by atoms with Gasteiger partial charge in [-0.25, -0.2) is 9.97 Å². The second-order valence-corrected chi connectivity index (χ2v) is 6.34. The summed E-state index contributed by atoms with van der Waals surface area (Å²) in [5, 5.41) is 12.4. The Morgan fingerprint density at radius 2 is 2.04 bits per heavy atom. The lowest BCUT2D eigenvalue weighted by Gasteiger charge is -2.36. The molecule has 3 rings (SSSR count). The van der Waals surface area contributed by atoms with Gasteiger partial charge in [-0.05, 0) is 38.3 Å². The quantitative estimate of drug-likeness (QED) is 0.908. The van der Waals surface area contributed by atoms with Gasteiger partial charge in [-0.3, -0.25) is 0 Å². The molecule has 5 heteroatoms. The molecule has 1 aromatic heterocycles. The van der Waals surface area contributed by atoms with Crippen LogP contribution in [0.3, 0.4) is 0 Å². The van der Waals surface area contributed by atoms with Crippen LogP contribution in [0, 0.1) is 6.92 Å². The molecular formula is C18H24N4O. The van der Waals surface area contributed by atoms with E-state index in [2.05, 4.69) is 51.4 Å². The van der Waals surface area contributed by atoms with Crippen LogP contribution >= 0.6 is 0 Å². The van der Waals surface area contributed by atoms with Crippen molar-refractivity contribution in [3.63, 3.8) is 0 Å². The van der Waals surface area contributed by atoms with Crippen LogP contribution in [0.1, 0.15) is 30.8 Å². The van der Waals surface area contributed by atoms with E-state index >= 15 is 0 Å². The van der Waals surface area contributed by atoms with Crippen LogP contribution in [0.2, 0.25) is 0 Å². The molecule has 0 saturated carbocycles. The number of nitrogens with zero attached hydrogens (tertiary/aromatic N) is 3. The minimum Gasteiger partial charge on any atom is -0.394 e. The Hall–Kier alpha value is -2.14. The van der Waals surface area contributed by atoms with E-state index < -0.39 is 0 Å². The minimum atomic E-state index is -0.0309. The summed E-state index contributed by atoms with van der Waals surface area (Å²) in [7, 11) is 0. The highest BCUT2D eigenvalue weighted by Crippen LogP contribution is 2.28. The molecule has 2 heterocycles. The molecule has 0 saturated heterocycles. The summed E-state index contributed by atoms with van der Waals surface area (Å²) in [6, 6.07) is 10.9. The highest BCUT2D eigenvalue weighted by atomic mass is 16.3. The van der Waals surface area contributed by atoms with Crippen molar-refractivity contribution in [1.82, 2.24) is 9.97 Å². The van der Waals surface area contributed by atoms with Gasteiger partial charge in [-0.2, -0.15) is 0 Å². The molecule has 122 valence electrons. The van der Waals surface area contributed by atoms with Crippen molar-refractivity contribution in [2.45, 2.75) is 45.8 Å². The van der Waals surface area contributed by atoms with E-state index in [1.54, 1.807) is 0 Å². The maximum absolute atomic E-state index is 9.22. The number of aliphatic hydroxyl groups excluding tert-OH is 1. The summed E-state index contributed by atoms with van der Waals surface area (Å²) < 4.78 is 0. The predicted octanol–water partition coefficient (Wildman–Crippen LogP) is 2.53. The fourth-order valence-corrected chi connectivity index (χ4v) is 3.06. The van der Waals surface area contributed by atoms with Crippen LogP contribution in [0.25, 0.3) is 0 Å². The van der Waals surface area contributed by atoms with Crippen molar-refractivity contribution in [2.75, 3.05) is 16.8 Å². The average Bonchev–Trinajstić information content (AvgIpc) is 2.53. The summed E-state index contributed by atoms with van der Waals surface area (Å²) >= 11 is 0. The molecule has 1 aromatic carbocycles. The van der Waals surface area contributed by atoms with Crippen molar-refractivity contribution < 1.29 is 5.11 Å².